The molecular formula is C24H20Cl2FN3O4. The van der Waals surface area contributed by atoms with Crippen molar-refractivity contribution in [2.75, 3.05) is 11.9 Å². The molecule has 0 aliphatic rings. The normalized spacial score (nSPS) is 10.7. The molecule has 2 amide bonds. The lowest BCUT2D eigenvalue weighted by atomic mass is 10.2. The van der Waals surface area contributed by atoms with Crippen molar-refractivity contribution in [3.63, 3.8) is 0 Å². The summed E-state index contributed by atoms with van der Waals surface area (Å²) >= 11 is 12.0. The molecule has 176 valence electrons. The Labute approximate surface area is 205 Å². The monoisotopic (exact) mass is 503 g/mol. The van der Waals surface area contributed by atoms with Crippen molar-refractivity contribution < 1.29 is 23.5 Å². The van der Waals surface area contributed by atoms with Crippen LogP contribution in [-0.2, 0) is 16.2 Å². The van der Waals surface area contributed by atoms with Crippen molar-refractivity contribution in [3.8, 4) is 11.5 Å². The van der Waals surface area contributed by atoms with Crippen LogP contribution in [0, 0.1) is 5.82 Å². The zero-order valence-electron chi connectivity index (χ0n) is 18.0. The minimum Gasteiger partial charge on any atom is -0.490 e. The average molecular weight is 504 g/mol. The fraction of sp³-hybridized carbons (Fsp3) is 0.125. The topological polar surface area (TPSA) is 89.0 Å². The standard InChI is InChI=1S/C24H20Cl2FN3O4/c1-2-33-22-12-15(8-10-21(22)34-14-16-7-9-17(25)18(26)11-16)13-28-30-24(32)23(31)29-20-6-4-3-5-19(20)27/h3-13H,2,14H2,1H3,(H,29,31)(H,30,32)/b28-13-. The van der Waals surface area contributed by atoms with Gasteiger partial charge in [-0.1, -0.05) is 41.4 Å². The molecule has 0 heterocycles. The highest BCUT2D eigenvalue weighted by Crippen LogP contribution is 2.30. The predicted molar refractivity (Wildman–Crippen MR) is 129 cm³/mol. The van der Waals surface area contributed by atoms with Crippen molar-refractivity contribution in [1.82, 2.24) is 5.43 Å². The zero-order valence-corrected chi connectivity index (χ0v) is 19.5. The van der Waals surface area contributed by atoms with Gasteiger partial charge in [0.05, 0.1) is 28.6 Å². The van der Waals surface area contributed by atoms with Crippen molar-refractivity contribution in [2.24, 2.45) is 5.10 Å². The van der Waals surface area contributed by atoms with Gasteiger partial charge in [0, 0.05) is 0 Å². The number of ether oxygens (including phenoxy) is 2. The van der Waals surface area contributed by atoms with Gasteiger partial charge < -0.3 is 14.8 Å². The summed E-state index contributed by atoms with van der Waals surface area (Å²) in [5, 5.41) is 6.83. The van der Waals surface area contributed by atoms with Gasteiger partial charge in [0.1, 0.15) is 12.4 Å². The number of carbonyl (C=O) groups is 2. The third-order valence-corrected chi connectivity index (χ3v) is 5.09. The van der Waals surface area contributed by atoms with E-state index in [1.54, 1.807) is 36.4 Å². The van der Waals surface area contributed by atoms with Crippen LogP contribution in [0.15, 0.2) is 65.8 Å². The van der Waals surface area contributed by atoms with E-state index >= 15 is 0 Å². The quantitative estimate of drug-likeness (QED) is 0.251. The van der Waals surface area contributed by atoms with Gasteiger partial charge in [0.25, 0.3) is 0 Å². The number of amides is 2. The summed E-state index contributed by atoms with van der Waals surface area (Å²) < 4.78 is 25.1. The molecule has 0 unspecified atom stereocenters. The van der Waals surface area contributed by atoms with Crippen LogP contribution in [0.4, 0.5) is 10.1 Å². The molecule has 0 spiro atoms. The number of carbonyl (C=O) groups excluding carboxylic acids is 2. The molecule has 0 aliphatic carbocycles. The molecular weight excluding hydrogens is 484 g/mol. The molecule has 0 radical (unpaired) electrons. The van der Waals surface area contributed by atoms with Crippen molar-refractivity contribution >= 4 is 46.9 Å². The van der Waals surface area contributed by atoms with E-state index in [0.29, 0.717) is 33.7 Å². The molecule has 0 fully saturated rings. The third kappa shape index (κ3) is 6.94. The smallest absolute Gasteiger partial charge is 0.329 e. The van der Waals surface area contributed by atoms with E-state index in [1.807, 2.05) is 6.92 Å². The summed E-state index contributed by atoms with van der Waals surface area (Å²) in [6.45, 7) is 2.48. The molecule has 3 rings (SSSR count). The predicted octanol–water partition coefficient (Wildman–Crippen LogP) is 5.20. The molecule has 34 heavy (non-hydrogen) atoms. The Morgan fingerprint density at radius 1 is 0.971 bits per heavy atom. The molecule has 0 saturated heterocycles. The highest BCUT2D eigenvalue weighted by Gasteiger charge is 2.14. The second kappa shape index (κ2) is 12.0. The SMILES string of the molecule is CCOc1cc(/C=N\NC(=O)C(=O)Nc2ccccc2F)ccc1OCc1ccc(Cl)c(Cl)c1. The van der Waals surface area contributed by atoms with E-state index < -0.39 is 17.6 Å². The second-order valence-electron chi connectivity index (χ2n) is 6.81. The van der Waals surface area contributed by atoms with Gasteiger partial charge in [0.2, 0.25) is 0 Å². The van der Waals surface area contributed by atoms with Gasteiger partial charge in [-0.3, -0.25) is 9.59 Å². The maximum absolute atomic E-state index is 13.6. The summed E-state index contributed by atoms with van der Waals surface area (Å²) in [4.78, 5) is 23.8. The van der Waals surface area contributed by atoms with Crippen LogP contribution < -0.4 is 20.2 Å². The van der Waals surface area contributed by atoms with Crippen LogP contribution in [0.25, 0.3) is 0 Å². The molecule has 0 saturated carbocycles. The molecule has 3 aromatic rings. The number of hydrogen-bond acceptors (Lipinski definition) is 5. The molecule has 0 aromatic heterocycles. The van der Waals surface area contributed by atoms with Crippen LogP contribution in [0.3, 0.4) is 0 Å². The van der Waals surface area contributed by atoms with Crippen LogP contribution in [0.2, 0.25) is 10.0 Å². The van der Waals surface area contributed by atoms with Gasteiger partial charge >= 0.3 is 11.8 Å². The Morgan fingerprint density at radius 2 is 1.76 bits per heavy atom. The van der Waals surface area contributed by atoms with Crippen LogP contribution in [0.5, 0.6) is 11.5 Å². The highest BCUT2D eigenvalue weighted by molar-refractivity contribution is 6.42. The van der Waals surface area contributed by atoms with E-state index in [0.717, 1.165) is 5.56 Å². The van der Waals surface area contributed by atoms with E-state index in [2.05, 4.69) is 15.8 Å². The van der Waals surface area contributed by atoms with Crippen LogP contribution >= 0.6 is 23.2 Å². The van der Waals surface area contributed by atoms with Gasteiger partial charge in [0.15, 0.2) is 11.5 Å². The lowest BCUT2D eigenvalue weighted by Crippen LogP contribution is -2.32. The summed E-state index contributed by atoms with van der Waals surface area (Å²) in [5.41, 5.74) is 3.40. The summed E-state index contributed by atoms with van der Waals surface area (Å²) in [6.07, 6.45) is 1.33. The number of hydrazone groups is 1. The summed E-state index contributed by atoms with van der Waals surface area (Å²) in [5.74, 6) is -1.79. The number of benzene rings is 3. The first kappa shape index (κ1) is 25.0. The zero-order chi connectivity index (χ0) is 24.5. The van der Waals surface area contributed by atoms with E-state index in [-0.39, 0.29) is 12.3 Å². The Morgan fingerprint density at radius 3 is 2.50 bits per heavy atom. The van der Waals surface area contributed by atoms with E-state index in [4.69, 9.17) is 32.7 Å². The molecule has 7 nitrogen and oxygen atoms in total. The van der Waals surface area contributed by atoms with Gasteiger partial charge in [-0.15, -0.1) is 0 Å². The first-order valence-electron chi connectivity index (χ1n) is 10.1. The maximum atomic E-state index is 13.6. The third-order valence-electron chi connectivity index (χ3n) is 4.35. The fourth-order valence-corrected chi connectivity index (χ4v) is 3.06. The fourth-order valence-electron chi connectivity index (χ4n) is 2.74. The highest BCUT2D eigenvalue weighted by atomic mass is 35.5. The first-order valence-corrected chi connectivity index (χ1v) is 10.9. The average Bonchev–Trinajstić information content (AvgIpc) is 2.82. The Kier molecular flexibility index (Phi) is 8.84. The second-order valence-corrected chi connectivity index (χ2v) is 7.62. The number of rotatable bonds is 8. The number of nitrogens with zero attached hydrogens (tertiary/aromatic N) is 1. The molecule has 10 heteroatoms. The molecule has 0 bridgehead atoms. The Balaban J connectivity index is 1.61. The van der Waals surface area contributed by atoms with E-state index in [9.17, 15) is 14.0 Å². The maximum Gasteiger partial charge on any atom is 0.329 e. The van der Waals surface area contributed by atoms with E-state index in [1.165, 1.54) is 30.5 Å². The van der Waals surface area contributed by atoms with Crippen molar-refractivity contribution in [1.29, 1.82) is 0 Å². The largest absolute Gasteiger partial charge is 0.490 e. The number of halogens is 3. The molecule has 0 atom stereocenters. The summed E-state index contributed by atoms with van der Waals surface area (Å²) in [6, 6.07) is 15.8. The van der Waals surface area contributed by atoms with Crippen LogP contribution in [-0.4, -0.2) is 24.6 Å². The number of para-hydroxylation sites is 1. The van der Waals surface area contributed by atoms with Gasteiger partial charge in [-0.25, -0.2) is 9.82 Å². The minimum atomic E-state index is -1.05. The lowest BCUT2D eigenvalue weighted by molar-refractivity contribution is -0.136. The van der Waals surface area contributed by atoms with Crippen LogP contribution in [0.1, 0.15) is 18.1 Å². The minimum absolute atomic E-state index is 0.107. The molecule has 3 aromatic carbocycles. The number of anilines is 1. The van der Waals surface area contributed by atoms with Crippen molar-refractivity contribution in [2.45, 2.75) is 13.5 Å². The Bertz CT molecular complexity index is 1220. The van der Waals surface area contributed by atoms with Gasteiger partial charge in [-0.2, -0.15) is 5.10 Å². The lowest BCUT2D eigenvalue weighted by Gasteiger charge is -2.13. The summed E-state index contributed by atoms with van der Waals surface area (Å²) in [7, 11) is 0. The molecule has 2 N–H and O–H groups in total. The Hall–Kier alpha value is -3.62. The first-order chi connectivity index (χ1) is 16.4. The molecule has 0 aliphatic heterocycles. The number of hydrogen-bond donors (Lipinski definition) is 2. The van der Waals surface area contributed by atoms with Crippen molar-refractivity contribution in [3.05, 3.63) is 87.7 Å². The number of nitrogens with one attached hydrogen (secondary N) is 2. The van der Waals surface area contributed by atoms with Gasteiger partial charge in [-0.05, 0) is 60.5 Å².